The number of nitrogens with two attached hydrogens (primary N) is 2. The van der Waals surface area contributed by atoms with Gasteiger partial charge in [-0.2, -0.15) is 0 Å². The molecule has 0 aliphatic rings. The zero-order valence-corrected chi connectivity index (χ0v) is 12.7. The lowest BCUT2D eigenvalue weighted by atomic mass is 10.1. The maximum absolute atomic E-state index is 11.6. The van der Waals surface area contributed by atoms with Crippen LogP contribution in [0.5, 0.6) is 0 Å². The number of anilines is 2. The Hall–Kier alpha value is -2.05. The topological polar surface area (TPSA) is 98.2 Å². The highest BCUT2D eigenvalue weighted by Crippen LogP contribution is 2.22. The summed E-state index contributed by atoms with van der Waals surface area (Å²) in [6.45, 7) is 2.66. The lowest BCUT2D eigenvalue weighted by molar-refractivity contribution is 0.598. The van der Waals surface area contributed by atoms with Gasteiger partial charge in [-0.15, -0.1) is 0 Å². The molecule has 0 aliphatic heterocycles. The van der Waals surface area contributed by atoms with Crippen molar-refractivity contribution in [3.8, 4) is 0 Å². The molecule has 6 heteroatoms. The minimum absolute atomic E-state index is 0.0206. The van der Waals surface area contributed by atoms with Gasteiger partial charge in [0.2, 0.25) is 10.0 Å². The Bertz CT molecular complexity index is 742. The Morgan fingerprint density at radius 3 is 2.52 bits per heavy atom. The molecular formula is C15H19N3O2S. The third-order valence-electron chi connectivity index (χ3n) is 3.28. The van der Waals surface area contributed by atoms with E-state index in [2.05, 4.69) is 11.4 Å². The quantitative estimate of drug-likeness (QED) is 0.734. The molecule has 2 aromatic rings. The van der Waals surface area contributed by atoms with Gasteiger partial charge >= 0.3 is 0 Å². The normalized spacial score (nSPS) is 11.3. The lowest BCUT2D eigenvalue weighted by Crippen LogP contribution is -2.16. The van der Waals surface area contributed by atoms with E-state index in [0.717, 1.165) is 6.42 Å². The maximum atomic E-state index is 11.6. The highest BCUT2D eigenvalue weighted by molar-refractivity contribution is 7.89. The summed E-state index contributed by atoms with van der Waals surface area (Å²) < 4.78 is 23.2. The van der Waals surface area contributed by atoms with Crippen molar-refractivity contribution in [2.75, 3.05) is 17.6 Å². The van der Waals surface area contributed by atoms with Crippen LogP contribution in [0.25, 0.3) is 0 Å². The van der Waals surface area contributed by atoms with E-state index in [0.29, 0.717) is 17.9 Å². The Morgan fingerprint density at radius 1 is 1.14 bits per heavy atom. The van der Waals surface area contributed by atoms with Crippen LogP contribution in [-0.2, 0) is 16.4 Å². The molecule has 2 rings (SSSR count). The van der Waals surface area contributed by atoms with Gasteiger partial charge in [0.25, 0.3) is 0 Å². The third kappa shape index (κ3) is 3.96. The molecule has 0 atom stereocenters. The number of rotatable bonds is 5. The Morgan fingerprint density at radius 2 is 1.86 bits per heavy atom. The van der Waals surface area contributed by atoms with Gasteiger partial charge in [-0.25, -0.2) is 13.6 Å². The second-order valence-corrected chi connectivity index (χ2v) is 6.43. The molecule has 5 N–H and O–H groups in total. The van der Waals surface area contributed by atoms with E-state index in [9.17, 15) is 8.42 Å². The summed E-state index contributed by atoms with van der Waals surface area (Å²) in [6, 6.07) is 12.7. The Labute approximate surface area is 125 Å². The fraction of sp³-hybridized carbons (Fsp3) is 0.200. The van der Waals surface area contributed by atoms with Gasteiger partial charge in [0.15, 0.2) is 0 Å². The van der Waals surface area contributed by atoms with Crippen molar-refractivity contribution in [3.63, 3.8) is 0 Å². The number of nitrogens with one attached hydrogen (secondary N) is 1. The molecule has 0 radical (unpaired) electrons. The van der Waals surface area contributed by atoms with Gasteiger partial charge in [-0.3, -0.25) is 0 Å². The molecule has 0 aromatic heterocycles. The summed E-state index contributed by atoms with van der Waals surface area (Å²) in [5, 5.41) is 8.32. The molecule has 21 heavy (non-hydrogen) atoms. The number of sulfonamides is 1. The van der Waals surface area contributed by atoms with Gasteiger partial charge in [-0.1, -0.05) is 24.3 Å². The second-order valence-electron chi connectivity index (χ2n) is 4.90. The minimum Gasteiger partial charge on any atom is -0.399 e. The first-order valence-electron chi connectivity index (χ1n) is 6.58. The predicted octanol–water partition coefficient (Wildman–Crippen LogP) is 1.88. The van der Waals surface area contributed by atoms with Crippen molar-refractivity contribution >= 4 is 21.4 Å². The van der Waals surface area contributed by atoms with E-state index < -0.39 is 10.0 Å². The van der Waals surface area contributed by atoms with Crippen molar-refractivity contribution in [2.45, 2.75) is 18.2 Å². The van der Waals surface area contributed by atoms with Gasteiger partial charge in [0, 0.05) is 12.2 Å². The molecule has 0 amide bonds. The van der Waals surface area contributed by atoms with E-state index in [1.54, 1.807) is 12.1 Å². The number of hydrogen-bond acceptors (Lipinski definition) is 4. The average Bonchev–Trinajstić information content (AvgIpc) is 2.41. The first-order valence-corrected chi connectivity index (χ1v) is 8.13. The minimum atomic E-state index is -3.80. The molecule has 0 saturated carbocycles. The third-order valence-corrected chi connectivity index (χ3v) is 4.23. The van der Waals surface area contributed by atoms with E-state index in [1.165, 1.54) is 17.2 Å². The number of aryl methyl sites for hydroxylation is 1. The molecule has 0 unspecified atom stereocenters. The first kappa shape index (κ1) is 15.3. The molecule has 2 aromatic carbocycles. The van der Waals surface area contributed by atoms with Crippen LogP contribution in [0.3, 0.4) is 0 Å². The zero-order chi connectivity index (χ0) is 15.5. The van der Waals surface area contributed by atoms with E-state index in [1.807, 2.05) is 25.1 Å². The van der Waals surface area contributed by atoms with E-state index in [4.69, 9.17) is 10.9 Å². The van der Waals surface area contributed by atoms with Crippen LogP contribution in [0.15, 0.2) is 47.4 Å². The standard InChI is InChI=1S/C15H19N3O2S/c1-11-4-2-3-5-12(11)8-9-18-14-7-6-13(16)10-15(14)21(17,19)20/h2-7,10,18H,8-9,16H2,1H3,(H2,17,19,20). The maximum Gasteiger partial charge on any atom is 0.240 e. The number of primary sulfonamides is 1. The first-order chi connectivity index (χ1) is 9.88. The van der Waals surface area contributed by atoms with Gasteiger partial charge < -0.3 is 11.1 Å². The number of benzene rings is 2. The molecule has 0 bridgehead atoms. The zero-order valence-electron chi connectivity index (χ0n) is 11.8. The second kappa shape index (κ2) is 6.15. The number of nitrogen functional groups attached to an aromatic ring is 1. The lowest BCUT2D eigenvalue weighted by Gasteiger charge is -2.12. The molecule has 0 spiro atoms. The van der Waals surface area contributed by atoms with Gasteiger partial charge in [0.05, 0.1) is 5.69 Å². The van der Waals surface area contributed by atoms with Crippen LogP contribution < -0.4 is 16.2 Å². The Kier molecular flexibility index (Phi) is 4.50. The van der Waals surface area contributed by atoms with E-state index in [-0.39, 0.29) is 4.90 Å². The van der Waals surface area contributed by atoms with Crippen molar-refractivity contribution in [2.24, 2.45) is 5.14 Å². The molecule has 0 heterocycles. The van der Waals surface area contributed by atoms with Gasteiger partial charge in [0.1, 0.15) is 4.90 Å². The van der Waals surface area contributed by atoms with Crippen LogP contribution in [0, 0.1) is 6.92 Å². The van der Waals surface area contributed by atoms with Crippen LogP contribution in [-0.4, -0.2) is 15.0 Å². The van der Waals surface area contributed by atoms with Crippen molar-refractivity contribution in [1.82, 2.24) is 0 Å². The highest BCUT2D eigenvalue weighted by atomic mass is 32.2. The summed E-state index contributed by atoms with van der Waals surface area (Å²) in [6.07, 6.45) is 0.793. The highest BCUT2D eigenvalue weighted by Gasteiger charge is 2.14. The summed E-state index contributed by atoms with van der Waals surface area (Å²) in [5.74, 6) is 0. The van der Waals surface area contributed by atoms with Crippen LogP contribution in [0.2, 0.25) is 0 Å². The summed E-state index contributed by atoms with van der Waals surface area (Å²) in [5.41, 5.74) is 8.88. The van der Waals surface area contributed by atoms with Crippen LogP contribution in [0.1, 0.15) is 11.1 Å². The van der Waals surface area contributed by atoms with Crippen molar-refractivity contribution < 1.29 is 8.42 Å². The summed E-state index contributed by atoms with van der Waals surface area (Å²) in [7, 11) is -3.80. The largest absolute Gasteiger partial charge is 0.399 e. The average molecular weight is 305 g/mol. The monoisotopic (exact) mass is 305 g/mol. The van der Waals surface area contributed by atoms with E-state index >= 15 is 0 Å². The predicted molar refractivity (Wildman–Crippen MR) is 85.6 cm³/mol. The molecule has 112 valence electrons. The summed E-state index contributed by atoms with van der Waals surface area (Å²) >= 11 is 0. The molecule has 0 saturated heterocycles. The fourth-order valence-electron chi connectivity index (χ4n) is 2.14. The molecule has 0 aliphatic carbocycles. The van der Waals surface area contributed by atoms with Crippen LogP contribution in [0.4, 0.5) is 11.4 Å². The van der Waals surface area contributed by atoms with Crippen molar-refractivity contribution in [1.29, 1.82) is 0 Å². The SMILES string of the molecule is Cc1ccccc1CCNc1ccc(N)cc1S(N)(=O)=O. The molecule has 5 nitrogen and oxygen atoms in total. The molecule has 0 fully saturated rings. The number of hydrogen-bond donors (Lipinski definition) is 3. The molecular weight excluding hydrogens is 286 g/mol. The van der Waals surface area contributed by atoms with Gasteiger partial charge in [-0.05, 0) is 42.7 Å². The van der Waals surface area contributed by atoms with Crippen molar-refractivity contribution in [3.05, 3.63) is 53.6 Å². The Balaban J connectivity index is 2.12. The smallest absolute Gasteiger partial charge is 0.240 e. The summed E-state index contributed by atoms with van der Waals surface area (Å²) in [4.78, 5) is 0.0206. The van der Waals surface area contributed by atoms with Crippen LogP contribution >= 0.6 is 0 Å². The fourth-order valence-corrected chi connectivity index (χ4v) is 2.89.